The summed E-state index contributed by atoms with van der Waals surface area (Å²) >= 11 is 0. The van der Waals surface area contributed by atoms with Crippen LogP contribution in [0.3, 0.4) is 0 Å². The van der Waals surface area contributed by atoms with Crippen molar-refractivity contribution in [1.82, 2.24) is 0 Å². The number of fused-ring (bicyclic) bond motifs is 12. The van der Waals surface area contributed by atoms with Crippen molar-refractivity contribution < 1.29 is 0 Å². The SMILES string of the molecule is CCCc1cc(-c2cccc(-c3ccc4c5ccccc5c5ccc(C)cc5c4c3)c2)ccc1-c1cccc(-c2cccc(-c3ccc4c5ccccc5c5ccc(C)cc5c4c3)c2)c1. The van der Waals surface area contributed by atoms with Crippen LogP contribution in [0.15, 0.2) is 212 Å². The number of rotatable bonds is 7. The fourth-order valence-corrected chi connectivity index (χ4v) is 10.7. The first-order valence-electron chi connectivity index (χ1n) is 23.1. The highest BCUT2D eigenvalue weighted by Gasteiger charge is 2.15. The molecule has 0 heteroatoms. The van der Waals surface area contributed by atoms with E-state index in [1.165, 1.54) is 137 Å². The number of aryl methyl sites for hydroxylation is 3. The Morgan fingerprint density at radius 2 is 0.569 bits per heavy atom. The summed E-state index contributed by atoms with van der Waals surface area (Å²) in [6.07, 6.45) is 2.09. The summed E-state index contributed by atoms with van der Waals surface area (Å²) in [4.78, 5) is 0. The average molecular weight is 829 g/mol. The van der Waals surface area contributed by atoms with E-state index in [-0.39, 0.29) is 0 Å². The molecule has 0 aromatic heterocycles. The minimum Gasteiger partial charge on any atom is -0.0651 e. The predicted octanol–water partition coefficient (Wildman–Crippen LogP) is 18.5. The van der Waals surface area contributed by atoms with Crippen molar-refractivity contribution in [3.05, 3.63) is 229 Å². The molecule has 0 nitrogen and oxygen atoms in total. The molecule has 0 radical (unpaired) electrons. The molecule has 0 aliphatic carbocycles. The summed E-state index contributed by atoms with van der Waals surface area (Å²) in [5.74, 6) is 0. The van der Waals surface area contributed by atoms with E-state index in [1.54, 1.807) is 0 Å². The lowest BCUT2D eigenvalue weighted by molar-refractivity contribution is 0.924. The Hall–Kier alpha value is -7.80. The zero-order chi connectivity index (χ0) is 43.6. The van der Waals surface area contributed by atoms with Crippen molar-refractivity contribution in [2.75, 3.05) is 0 Å². The lowest BCUT2D eigenvalue weighted by Gasteiger charge is -2.15. The minimum atomic E-state index is 1.01. The summed E-state index contributed by atoms with van der Waals surface area (Å²) in [5, 5.41) is 15.7. The van der Waals surface area contributed by atoms with Crippen LogP contribution >= 0.6 is 0 Å². The van der Waals surface area contributed by atoms with Crippen LogP contribution in [0.25, 0.3) is 120 Å². The van der Waals surface area contributed by atoms with Gasteiger partial charge >= 0.3 is 0 Å². The monoisotopic (exact) mass is 828 g/mol. The Morgan fingerprint density at radius 1 is 0.246 bits per heavy atom. The van der Waals surface area contributed by atoms with E-state index < -0.39 is 0 Å². The molecule has 0 saturated heterocycles. The second kappa shape index (κ2) is 15.8. The summed E-state index contributed by atoms with van der Waals surface area (Å²) < 4.78 is 0. The van der Waals surface area contributed by atoms with Crippen LogP contribution in [0.1, 0.15) is 30.0 Å². The van der Waals surface area contributed by atoms with Crippen LogP contribution in [0, 0.1) is 13.8 Å². The van der Waals surface area contributed by atoms with Crippen LogP contribution in [-0.2, 0) is 6.42 Å². The molecule has 0 atom stereocenters. The molecular weight excluding hydrogens is 781 g/mol. The standard InChI is InChI=1S/C65H48/c1-4-12-51-38-48(44-14-10-16-46(36-44)50-27-32-61-57-22-8-6-20-55(57)59-29-24-42(3)34-63(59)65(61)40-50)25-30-53(51)52-18-11-17-47(37-52)43-13-9-15-45(35-43)49-26-31-60-56-21-7-5-19-54(56)58-28-23-41(2)33-62(58)64(60)39-49/h5-11,13-40H,4,12H2,1-3H3. The Labute approximate surface area is 381 Å². The normalized spacial score (nSPS) is 11.7. The van der Waals surface area contributed by atoms with Crippen LogP contribution in [0.5, 0.6) is 0 Å². The summed E-state index contributed by atoms with van der Waals surface area (Å²) in [6, 6.07) is 79.9. The topological polar surface area (TPSA) is 0 Å². The molecule has 65 heavy (non-hydrogen) atoms. The molecule has 0 N–H and O–H groups in total. The van der Waals surface area contributed by atoms with Gasteiger partial charge in [0, 0.05) is 0 Å². The maximum atomic E-state index is 2.43. The molecule has 0 unspecified atom stereocenters. The first-order valence-corrected chi connectivity index (χ1v) is 23.1. The molecule has 308 valence electrons. The van der Waals surface area contributed by atoms with Crippen LogP contribution < -0.4 is 0 Å². The van der Waals surface area contributed by atoms with Gasteiger partial charge in [-0.05, 0) is 176 Å². The van der Waals surface area contributed by atoms with Gasteiger partial charge in [-0.25, -0.2) is 0 Å². The molecule has 0 amide bonds. The molecule has 0 aliphatic rings. The molecular formula is C65H48. The third kappa shape index (κ3) is 6.77. The van der Waals surface area contributed by atoms with Crippen LogP contribution in [0.4, 0.5) is 0 Å². The van der Waals surface area contributed by atoms with Crippen molar-refractivity contribution in [3.63, 3.8) is 0 Å². The third-order valence-corrected chi connectivity index (χ3v) is 13.8. The smallest absolute Gasteiger partial charge is 0.00927 e. The van der Waals surface area contributed by atoms with Gasteiger partial charge in [0.1, 0.15) is 0 Å². The molecule has 0 heterocycles. The Morgan fingerprint density at radius 3 is 1.00 bits per heavy atom. The van der Waals surface area contributed by atoms with Gasteiger partial charge in [-0.3, -0.25) is 0 Å². The highest BCUT2D eigenvalue weighted by molar-refractivity contribution is 6.27. The van der Waals surface area contributed by atoms with Gasteiger partial charge in [0.05, 0.1) is 0 Å². The summed E-state index contributed by atoms with van der Waals surface area (Å²) in [6.45, 7) is 6.67. The highest BCUT2D eigenvalue weighted by atomic mass is 14.2. The van der Waals surface area contributed by atoms with E-state index in [4.69, 9.17) is 0 Å². The Bertz CT molecular complexity index is 3860. The van der Waals surface area contributed by atoms with E-state index in [0.29, 0.717) is 0 Å². The number of benzene rings is 12. The zero-order valence-corrected chi connectivity index (χ0v) is 37.1. The van der Waals surface area contributed by atoms with Gasteiger partial charge in [-0.15, -0.1) is 0 Å². The van der Waals surface area contributed by atoms with E-state index in [0.717, 1.165) is 12.8 Å². The van der Waals surface area contributed by atoms with Gasteiger partial charge in [0.2, 0.25) is 0 Å². The predicted molar refractivity (Wildman–Crippen MR) is 282 cm³/mol. The first-order chi connectivity index (χ1) is 32.0. The Balaban J connectivity index is 0.886. The largest absolute Gasteiger partial charge is 0.0651 e. The van der Waals surface area contributed by atoms with Crippen molar-refractivity contribution in [2.45, 2.75) is 33.6 Å². The molecule has 0 spiro atoms. The van der Waals surface area contributed by atoms with E-state index in [1.807, 2.05) is 0 Å². The highest BCUT2D eigenvalue weighted by Crippen LogP contribution is 2.41. The van der Waals surface area contributed by atoms with Gasteiger partial charge in [0.15, 0.2) is 0 Å². The first kappa shape index (κ1) is 38.8. The van der Waals surface area contributed by atoms with Crippen LogP contribution in [-0.4, -0.2) is 0 Å². The van der Waals surface area contributed by atoms with Crippen molar-refractivity contribution in [1.29, 1.82) is 0 Å². The number of hydrogen-bond acceptors (Lipinski definition) is 0. The van der Waals surface area contributed by atoms with Crippen molar-refractivity contribution >= 4 is 64.6 Å². The molecule has 0 fully saturated rings. The third-order valence-electron chi connectivity index (χ3n) is 13.8. The minimum absolute atomic E-state index is 1.01. The van der Waals surface area contributed by atoms with Crippen LogP contribution in [0.2, 0.25) is 0 Å². The molecule has 12 aromatic carbocycles. The number of hydrogen-bond donors (Lipinski definition) is 0. The zero-order valence-electron chi connectivity index (χ0n) is 37.1. The average Bonchev–Trinajstić information content (AvgIpc) is 3.36. The lowest BCUT2D eigenvalue weighted by atomic mass is 9.89. The summed E-state index contributed by atoms with van der Waals surface area (Å²) in [5.41, 5.74) is 16.4. The van der Waals surface area contributed by atoms with Gasteiger partial charge in [0.25, 0.3) is 0 Å². The van der Waals surface area contributed by atoms with Crippen molar-refractivity contribution in [2.24, 2.45) is 0 Å². The van der Waals surface area contributed by atoms with Gasteiger partial charge in [-0.2, -0.15) is 0 Å². The molecule has 0 bridgehead atoms. The van der Waals surface area contributed by atoms with E-state index >= 15 is 0 Å². The molecule has 0 aliphatic heterocycles. The quantitative estimate of drug-likeness (QED) is 0.140. The maximum Gasteiger partial charge on any atom is -0.00927 e. The van der Waals surface area contributed by atoms with Crippen molar-refractivity contribution in [3.8, 4) is 55.6 Å². The van der Waals surface area contributed by atoms with E-state index in [9.17, 15) is 0 Å². The summed E-state index contributed by atoms with van der Waals surface area (Å²) in [7, 11) is 0. The molecule has 0 saturated carbocycles. The molecule has 12 aromatic rings. The second-order valence-corrected chi connectivity index (χ2v) is 18.1. The lowest BCUT2D eigenvalue weighted by Crippen LogP contribution is -1.92. The van der Waals surface area contributed by atoms with E-state index in [2.05, 4.69) is 233 Å². The fourth-order valence-electron chi connectivity index (χ4n) is 10.7. The van der Waals surface area contributed by atoms with Gasteiger partial charge < -0.3 is 0 Å². The second-order valence-electron chi connectivity index (χ2n) is 18.1. The Kier molecular flexibility index (Phi) is 9.42. The fraction of sp³-hybridized carbons (Fsp3) is 0.0769. The van der Waals surface area contributed by atoms with Gasteiger partial charge in [-0.1, -0.05) is 206 Å². The molecule has 12 rings (SSSR count). The maximum absolute atomic E-state index is 2.43.